The van der Waals surface area contributed by atoms with Gasteiger partial charge >= 0.3 is 0 Å². The van der Waals surface area contributed by atoms with Crippen molar-refractivity contribution in [3.05, 3.63) is 52.5 Å². The summed E-state index contributed by atoms with van der Waals surface area (Å²) in [5, 5.41) is 0.833. The van der Waals surface area contributed by atoms with E-state index in [2.05, 4.69) is 28.5 Å². The Labute approximate surface area is 229 Å². The van der Waals surface area contributed by atoms with Crippen LogP contribution in [0.1, 0.15) is 49.1 Å². The number of fused-ring (bicyclic) bond motifs is 2. The van der Waals surface area contributed by atoms with E-state index in [4.69, 9.17) is 5.73 Å². The second-order valence-electron chi connectivity index (χ2n) is 10.7. The van der Waals surface area contributed by atoms with E-state index in [1.54, 1.807) is 18.3 Å². The molecule has 4 heterocycles. The first kappa shape index (κ1) is 27.1. The molecule has 10 heteroatoms. The van der Waals surface area contributed by atoms with Crippen LogP contribution in [0.2, 0.25) is 0 Å². The van der Waals surface area contributed by atoms with Crippen molar-refractivity contribution >= 4 is 43.2 Å². The van der Waals surface area contributed by atoms with Crippen molar-refractivity contribution in [2.75, 3.05) is 31.9 Å². The largest absolute Gasteiger partial charge is 0.383 e. The molecule has 5 rings (SSSR count). The van der Waals surface area contributed by atoms with Crippen LogP contribution in [0.5, 0.6) is 0 Å². The molecule has 0 aliphatic carbocycles. The number of pyridine rings is 1. The van der Waals surface area contributed by atoms with E-state index in [0.29, 0.717) is 24.8 Å². The molecule has 204 valence electrons. The molecule has 3 N–H and O–H groups in total. The van der Waals surface area contributed by atoms with Gasteiger partial charge in [0.25, 0.3) is 0 Å². The van der Waals surface area contributed by atoms with E-state index < -0.39 is 16.1 Å². The minimum atomic E-state index is -3.92. The van der Waals surface area contributed by atoms with Crippen molar-refractivity contribution in [3.63, 3.8) is 0 Å². The second-order valence-corrected chi connectivity index (χ2v) is 13.5. The van der Waals surface area contributed by atoms with Gasteiger partial charge < -0.3 is 10.6 Å². The van der Waals surface area contributed by atoms with Gasteiger partial charge in [-0.05, 0) is 73.5 Å². The number of sulfonamides is 1. The van der Waals surface area contributed by atoms with Gasteiger partial charge in [0.15, 0.2) is 0 Å². The number of nitrogen functional groups attached to an aromatic ring is 1. The van der Waals surface area contributed by atoms with Crippen molar-refractivity contribution in [1.29, 1.82) is 0 Å². The monoisotopic (exact) mass is 555 g/mol. The molecule has 1 saturated heterocycles. The molecule has 2 aliphatic rings. The van der Waals surface area contributed by atoms with E-state index in [0.717, 1.165) is 65.8 Å². The third-order valence-electron chi connectivity index (χ3n) is 7.74. The molecule has 1 atom stereocenters. The highest BCUT2D eigenvalue weighted by atomic mass is 32.2. The minimum absolute atomic E-state index is 0.170. The van der Waals surface area contributed by atoms with Gasteiger partial charge in [-0.15, -0.1) is 11.3 Å². The molecule has 0 bridgehead atoms. The van der Waals surface area contributed by atoms with Crippen LogP contribution in [0.15, 0.2) is 41.4 Å². The number of likely N-dealkylation sites (tertiary alicyclic amines) is 1. The van der Waals surface area contributed by atoms with E-state index in [1.807, 2.05) is 23.1 Å². The molecule has 0 saturated carbocycles. The zero-order valence-electron chi connectivity index (χ0n) is 22.2. The number of rotatable bonds is 8. The summed E-state index contributed by atoms with van der Waals surface area (Å²) in [7, 11) is -3.92. The van der Waals surface area contributed by atoms with Crippen LogP contribution in [0.25, 0.3) is 10.1 Å². The average molecular weight is 556 g/mol. The van der Waals surface area contributed by atoms with Crippen molar-refractivity contribution in [2.45, 2.75) is 63.4 Å². The van der Waals surface area contributed by atoms with E-state index in [-0.39, 0.29) is 17.2 Å². The van der Waals surface area contributed by atoms with Crippen molar-refractivity contribution in [1.82, 2.24) is 19.5 Å². The Morgan fingerprint density at radius 3 is 2.71 bits per heavy atom. The topological polar surface area (TPSA) is 109 Å². The van der Waals surface area contributed by atoms with Gasteiger partial charge in [-0.1, -0.05) is 19.9 Å². The SMILES string of the molecule is CCCN1CCc2ccc(S(=O)(=O)NC(Cc3cc4c(N)nccc4s3)C(=O)N3CCC(C)CC3)cc2C1. The molecule has 0 spiro atoms. The fraction of sp³-hybridized carbons (Fsp3) is 0.500. The zero-order valence-corrected chi connectivity index (χ0v) is 23.8. The first-order chi connectivity index (χ1) is 18.2. The smallest absolute Gasteiger partial charge is 0.241 e. The normalized spacial score (nSPS) is 18.0. The third-order valence-corrected chi connectivity index (χ3v) is 10.3. The molecule has 2 aliphatic heterocycles. The van der Waals surface area contributed by atoms with Crippen LogP contribution in [-0.4, -0.2) is 61.3 Å². The van der Waals surface area contributed by atoms with Crippen LogP contribution >= 0.6 is 11.3 Å². The highest BCUT2D eigenvalue weighted by Gasteiger charge is 2.32. The summed E-state index contributed by atoms with van der Waals surface area (Å²) in [5.41, 5.74) is 8.30. The lowest BCUT2D eigenvalue weighted by Crippen LogP contribution is -2.51. The van der Waals surface area contributed by atoms with Crippen LogP contribution in [0.3, 0.4) is 0 Å². The first-order valence-electron chi connectivity index (χ1n) is 13.5. The number of anilines is 1. The highest BCUT2D eigenvalue weighted by Crippen LogP contribution is 2.30. The fourth-order valence-corrected chi connectivity index (χ4v) is 7.84. The molecule has 38 heavy (non-hydrogen) atoms. The molecular weight excluding hydrogens is 518 g/mol. The van der Waals surface area contributed by atoms with Gasteiger partial charge in [-0.25, -0.2) is 13.4 Å². The van der Waals surface area contributed by atoms with E-state index in [9.17, 15) is 13.2 Å². The Kier molecular flexibility index (Phi) is 8.04. The number of benzene rings is 1. The molecule has 1 amide bonds. The quantitative estimate of drug-likeness (QED) is 0.438. The summed E-state index contributed by atoms with van der Waals surface area (Å²) in [5.74, 6) is 0.829. The number of hydrogen-bond donors (Lipinski definition) is 2. The second kappa shape index (κ2) is 11.3. The summed E-state index contributed by atoms with van der Waals surface area (Å²) < 4.78 is 31.1. The summed E-state index contributed by atoms with van der Waals surface area (Å²) in [6.07, 6.45) is 5.76. The molecule has 1 unspecified atom stereocenters. The molecule has 3 aromatic rings. The molecule has 0 radical (unpaired) electrons. The maximum absolute atomic E-state index is 13.7. The standard InChI is InChI=1S/C28H37N5O3S2/c1-3-11-32-12-9-20-4-5-23(15-21(20)18-32)38(35,36)31-25(28(34)33-13-7-19(2)8-14-33)17-22-16-24-26(37-22)6-10-30-27(24)29/h4-6,10,15-16,19,25,31H,3,7-9,11-14,17-18H2,1-2H3,(H2,29,30). The number of thiophene rings is 1. The fourth-order valence-electron chi connectivity index (χ4n) is 5.49. The minimum Gasteiger partial charge on any atom is -0.383 e. The first-order valence-corrected chi connectivity index (χ1v) is 15.8. The lowest BCUT2D eigenvalue weighted by atomic mass is 9.98. The molecule has 2 aromatic heterocycles. The summed E-state index contributed by atoms with van der Waals surface area (Å²) in [6, 6.07) is 8.31. The van der Waals surface area contributed by atoms with Gasteiger partial charge in [-0.3, -0.25) is 9.69 Å². The zero-order chi connectivity index (χ0) is 26.9. The Morgan fingerprint density at radius 2 is 1.97 bits per heavy atom. The summed E-state index contributed by atoms with van der Waals surface area (Å²) in [4.78, 5) is 23.1. The Morgan fingerprint density at radius 1 is 1.18 bits per heavy atom. The number of carbonyl (C=O) groups excluding carboxylic acids is 1. The molecular formula is C28H37N5O3S2. The molecule has 1 fully saturated rings. The van der Waals surface area contributed by atoms with Crippen molar-refractivity contribution < 1.29 is 13.2 Å². The lowest BCUT2D eigenvalue weighted by Gasteiger charge is -2.33. The van der Waals surface area contributed by atoms with E-state index in [1.165, 1.54) is 16.9 Å². The third kappa shape index (κ3) is 5.88. The number of piperidine rings is 1. The van der Waals surface area contributed by atoms with Gasteiger partial charge in [0.05, 0.1) is 4.90 Å². The lowest BCUT2D eigenvalue weighted by molar-refractivity contribution is -0.134. The van der Waals surface area contributed by atoms with Gasteiger partial charge in [0.2, 0.25) is 15.9 Å². The van der Waals surface area contributed by atoms with Gasteiger partial charge in [0.1, 0.15) is 11.9 Å². The maximum atomic E-state index is 13.7. The maximum Gasteiger partial charge on any atom is 0.241 e. The predicted molar refractivity (Wildman–Crippen MR) is 153 cm³/mol. The van der Waals surface area contributed by atoms with Crippen molar-refractivity contribution in [2.24, 2.45) is 5.92 Å². The summed E-state index contributed by atoms with van der Waals surface area (Å²) >= 11 is 1.52. The van der Waals surface area contributed by atoms with Crippen LogP contribution in [-0.2, 0) is 34.2 Å². The van der Waals surface area contributed by atoms with Gasteiger partial charge in [-0.2, -0.15) is 4.72 Å². The number of amides is 1. The van der Waals surface area contributed by atoms with Crippen LogP contribution in [0.4, 0.5) is 5.82 Å². The summed E-state index contributed by atoms with van der Waals surface area (Å²) in [6.45, 7) is 8.37. The molecule has 8 nitrogen and oxygen atoms in total. The van der Waals surface area contributed by atoms with Crippen LogP contribution in [0, 0.1) is 5.92 Å². The predicted octanol–water partition coefficient (Wildman–Crippen LogP) is 3.79. The Bertz CT molecular complexity index is 1410. The highest BCUT2D eigenvalue weighted by molar-refractivity contribution is 7.89. The molecule has 1 aromatic carbocycles. The van der Waals surface area contributed by atoms with E-state index >= 15 is 0 Å². The van der Waals surface area contributed by atoms with Crippen LogP contribution < -0.4 is 10.5 Å². The number of hydrogen-bond acceptors (Lipinski definition) is 7. The Balaban J connectivity index is 1.42. The number of nitrogens with zero attached hydrogens (tertiary/aromatic N) is 3. The number of carbonyl (C=O) groups is 1. The number of aromatic nitrogens is 1. The average Bonchev–Trinajstić information content (AvgIpc) is 3.32. The number of nitrogens with two attached hydrogens (primary N) is 1. The van der Waals surface area contributed by atoms with Gasteiger partial charge in [0, 0.05) is 53.8 Å². The van der Waals surface area contributed by atoms with Crippen molar-refractivity contribution in [3.8, 4) is 0 Å². The number of nitrogens with one attached hydrogen (secondary N) is 1. The Hall–Kier alpha value is -2.53.